The fraction of sp³-hybridized carbons (Fsp3) is 0.417. The van der Waals surface area contributed by atoms with E-state index in [4.69, 9.17) is 10.7 Å². The number of rotatable bonds is 4. The highest BCUT2D eigenvalue weighted by molar-refractivity contribution is 9.10. The van der Waals surface area contributed by atoms with Crippen LogP contribution < -0.4 is 5.32 Å². The molecular weight excluding hydrogens is 354 g/mol. The van der Waals surface area contributed by atoms with E-state index in [-0.39, 0.29) is 10.8 Å². The predicted molar refractivity (Wildman–Crippen MR) is 79.9 cm³/mol. The molecule has 1 amide bonds. The van der Waals surface area contributed by atoms with Crippen LogP contribution in [0.2, 0.25) is 0 Å². The Kier molecular flexibility index (Phi) is 5.03. The van der Waals surface area contributed by atoms with Crippen LogP contribution >= 0.6 is 26.6 Å². The molecule has 0 aliphatic heterocycles. The minimum absolute atomic E-state index is 0.0196. The van der Waals surface area contributed by atoms with E-state index in [1.165, 1.54) is 18.2 Å². The Labute approximate surface area is 126 Å². The highest BCUT2D eigenvalue weighted by Crippen LogP contribution is 2.29. The molecule has 0 aliphatic carbocycles. The highest BCUT2D eigenvalue weighted by Gasteiger charge is 2.26. The van der Waals surface area contributed by atoms with Crippen molar-refractivity contribution in [3.63, 3.8) is 0 Å². The zero-order valence-corrected chi connectivity index (χ0v) is 14.0. The molecule has 0 bridgehead atoms. The summed E-state index contributed by atoms with van der Waals surface area (Å²) in [5, 5.41) is 2.76. The Morgan fingerprint density at radius 1 is 1.42 bits per heavy atom. The van der Waals surface area contributed by atoms with Gasteiger partial charge in [0.25, 0.3) is 9.05 Å². The van der Waals surface area contributed by atoms with Gasteiger partial charge in [-0.2, -0.15) is 0 Å². The number of halogens is 2. The summed E-state index contributed by atoms with van der Waals surface area (Å²) in [6.07, 6.45) is 0.699. The second-order valence-electron chi connectivity index (χ2n) is 4.77. The fourth-order valence-corrected chi connectivity index (χ4v) is 2.61. The molecule has 1 N–H and O–H groups in total. The first-order valence-corrected chi connectivity index (χ1v) is 8.74. The van der Waals surface area contributed by atoms with Gasteiger partial charge in [0.1, 0.15) is 0 Å². The molecule has 19 heavy (non-hydrogen) atoms. The van der Waals surface area contributed by atoms with E-state index in [0.717, 1.165) is 0 Å². The van der Waals surface area contributed by atoms with Crippen molar-refractivity contribution in [2.75, 3.05) is 5.32 Å². The fourth-order valence-electron chi connectivity index (χ4n) is 1.20. The Balaban J connectivity index is 3.03. The van der Waals surface area contributed by atoms with Crippen molar-refractivity contribution >= 4 is 47.3 Å². The number of amides is 1. The normalized spacial score (nSPS) is 12.3. The van der Waals surface area contributed by atoms with E-state index >= 15 is 0 Å². The Morgan fingerprint density at radius 3 is 2.42 bits per heavy atom. The number of nitrogens with one attached hydrogen (secondary N) is 1. The van der Waals surface area contributed by atoms with Crippen LogP contribution in [0.15, 0.2) is 27.6 Å². The van der Waals surface area contributed by atoms with Crippen molar-refractivity contribution < 1.29 is 13.2 Å². The number of hydrogen-bond acceptors (Lipinski definition) is 3. The summed E-state index contributed by atoms with van der Waals surface area (Å²) in [4.78, 5) is 12.0. The number of carbonyl (C=O) groups is 1. The maximum atomic E-state index is 12.0. The molecule has 0 aromatic heterocycles. The van der Waals surface area contributed by atoms with E-state index in [1.54, 1.807) is 0 Å². The minimum atomic E-state index is -3.77. The topological polar surface area (TPSA) is 63.2 Å². The molecule has 0 unspecified atom stereocenters. The van der Waals surface area contributed by atoms with Crippen LogP contribution in [0.4, 0.5) is 5.69 Å². The van der Waals surface area contributed by atoms with Gasteiger partial charge in [-0.15, -0.1) is 0 Å². The zero-order chi connectivity index (χ0) is 14.8. The third-order valence-electron chi connectivity index (χ3n) is 2.97. The summed E-state index contributed by atoms with van der Waals surface area (Å²) >= 11 is 3.22. The molecule has 0 radical (unpaired) electrons. The van der Waals surface area contributed by atoms with Gasteiger partial charge in [0.2, 0.25) is 5.91 Å². The summed E-state index contributed by atoms with van der Waals surface area (Å²) in [7, 11) is 1.47. The lowest BCUT2D eigenvalue weighted by Gasteiger charge is -2.22. The Hall–Kier alpha value is -0.590. The molecule has 0 aliphatic rings. The summed E-state index contributed by atoms with van der Waals surface area (Å²) in [5.41, 5.74) is 0.0204. The molecular formula is C12H15BrClNO3S. The molecule has 1 aromatic carbocycles. The first-order chi connectivity index (χ1) is 8.58. The minimum Gasteiger partial charge on any atom is -0.325 e. The van der Waals surface area contributed by atoms with Gasteiger partial charge < -0.3 is 5.32 Å². The predicted octanol–water partition coefficient (Wildman–Crippen LogP) is 3.75. The van der Waals surface area contributed by atoms with Gasteiger partial charge in [0, 0.05) is 20.6 Å². The average Bonchev–Trinajstić information content (AvgIpc) is 2.30. The highest BCUT2D eigenvalue weighted by atomic mass is 79.9. The summed E-state index contributed by atoms with van der Waals surface area (Å²) in [5.74, 6) is -0.128. The molecule has 0 fully saturated rings. The molecule has 0 spiro atoms. The van der Waals surface area contributed by atoms with E-state index in [9.17, 15) is 13.2 Å². The van der Waals surface area contributed by atoms with Crippen molar-refractivity contribution in [3.05, 3.63) is 22.7 Å². The smallest absolute Gasteiger partial charge is 0.261 e. The van der Waals surface area contributed by atoms with E-state index in [2.05, 4.69) is 21.2 Å². The standard InChI is InChI=1S/C12H15BrClNO3S/c1-4-12(2,3)11(16)15-10-6-5-8(7-9(10)13)19(14,17)18/h5-7H,4H2,1-3H3,(H,15,16). The van der Waals surface area contributed by atoms with Crippen molar-refractivity contribution in [2.24, 2.45) is 5.41 Å². The molecule has 0 heterocycles. The molecule has 0 atom stereocenters. The molecule has 7 heteroatoms. The van der Waals surface area contributed by atoms with Gasteiger partial charge in [0.05, 0.1) is 10.6 Å². The van der Waals surface area contributed by atoms with Crippen LogP contribution in [0, 0.1) is 5.41 Å². The van der Waals surface area contributed by atoms with Crippen LogP contribution in [0.5, 0.6) is 0 Å². The number of anilines is 1. The van der Waals surface area contributed by atoms with E-state index < -0.39 is 14.5 Å². The van der Waals surface area contributed by atoms with Crippen molar-refractivity contribution in [3.8, 4) is 0 Å². The second kappa shape index (κ2) is 5.81. The molecule has 4 nitrogen and oxygen atoms in total. The maximum Gasteiger partial charge on any atom is 0.261 e. The van der Waals surface area contributed by atoms with E-state index in [0.29, 0.717) is 16.6 Å². The van der Waals surface area contributed by atoms with Gasteiger partial charge in [-0.1, -0.05) is 20.8 Å². The Bertz CT molecular complexity index is 599. The SMILES string of the molecule is CCC(C)(C)C(=O)Nc1ccc(S(=O)(=O)Cl)cc1Br. The molecule has 0 saturated carbocycles. The van der Waals surface area contributed by atoms with Crippen molar-refractivity contribution in [2.45, 2.75) is 32.1 Å². The van der Waals surface area contributed by atoms with Crippen LogP contribution in [0.1, 0.15) is 27.2 Å². The van der Waals surface area contributed by atoms with Gasteiger partial charge in [-0.05, 0) is 40.5 Å². The quantitative estimate of drug-likeness (QED) is 0.823. The number of carbonyl (C=O) groups excluding carboxylic acids is 1. The zero-order valence-electron chi connectivity index (χ0n) is 10.8. The van der Waals surface area contributed by atoms with Crippen molar-refractivity contribution in [1.29, 1.82) is 0 Å². The molecule has 1 aromatic rings. The van der Waals surface area contributed by atoms with Gasteiger partial charge in [0.15, 0.2) is 0 Å². The molecule has 1 rings (SSSR count). The average molecular weight is 369 g/mol. The van der Waals surface area contributed by atoms with Gasteiger partial charge in [-0.25, -0.2) is 8.42 Å². The van der Waals surface area contributed by atoms with Crippen molar-refractivity contribution in [1.82, 2.24) is 0 Å². The number of benzene rings is 1. The second-order valence-corrected chi connectivity index (χ2v) is 8.19. The Morgan fingerprint density at radius 2 is 2.00 bits per heavy atom. The van der Waals surface area contributed by atoms with Crippen LogP contribution in [-0.4, -0.2) is 14.3 Å². The van der Waals surface area contributed by atoms with Gasteiger partial charge in [-0.3, -0.25) is 4.79 Å². The monoisotopic (exact) mass is 367 g/mol. The van der Waals surface area contributed by atoms with E-state index in [1.807, 2.05) is 20.8 Å². The summed E-state index contributed by atoms with van der Waals surface area (Å²) in [6, 6.07) is 4.21. The maximum absolute atomic E-state index is 12.0. The van der Waals surface area contributed by atoms with Crippen LogP contribution in [-0.2, 0) is 13.8 Å². The summed E-state index contributed by atoms with van der Waals surface area (Å²) < 4.78 is 22.8. The number of hydrogen-bond donors (Lipinski definition) is 1. The van der Waals surface area contributed by atoms with Crippen LogP contribution in [0.25, 0.3) is 0 Å². The lowest BCUT2D eigenvalue weighted by atomic mass is 9.89. The molecule has 106 valence electrons. The largest absolute Gasteiger partial charge is 0.325 e. The first-order valence-electron chi connectivity index (χ1n) is 5.63. The summed E-state index contributed by atoms with van der Waals surface area (Å²) in [6.45, 7) is 5.61. The lowest BCUT2D eigenvalue weighted by Crippen LogP contribution is -2.30. The third kappa shape index (κ3) is 4.19. The molecule has 0 saturated heterocycles. The van der Waals surface area contributed by atoms with Crippen LogP contribution in [0.3, 0.4) is 0 Å². The van der Waals surface area contributed by atoms with Gasteiger partial charge >= 0.3 is 0 Å². The lowest BCUT2D eigenvalue weighted by molar-refractivity contribution is -0.124. The first kappa shape index (κ1) is 16.5. The third-order valence-corrected chi connectivity index (χ3v) is 4.98.